The molecule has 0 amide bonds. The van der Waals surface area contributed by atoms with Gasteiger partial charge in [0.1, 0.15) is 0 Å². The van der Waals surface area contributed by atoms with E-state index in [4.69, 9.17) is 0 Å². The maximum atomic E-state index is 3.45. The standard InChI is InChI=1S/C14H15N.H2/c1-10-7-13(8-11-9-14(10)11)15-12-5-3-2-4-6-12;/h2-8,11,14-15H,9H2,1H3;1H. The fourth-order valence-corrected chi connectivity index (χ4v) is 2.32. The second-order valence-electron chi connectivity index (χ2n) is 4.51. The zero-order valence-corrected chi connectivity index (χ0v) is 8.90. The third-order valence-electron chi connectivity index (χ3n) is 3.26. The van der Waals surface area contributed by atoms with Gasteiger partial charge in [0.25, 0.3) is 0 Å². The van der Waals surface area contributed by atoms with Gasteiger partial charge in [-0.3, -0.25) is 0 Å². The number of allylic oxidation sites excluding steroid dienone is 3. The molecule has 15 heavy (non-hydrogen) atoms. The topological polar surface area (TPSA) is 12.0 Å². The van der Waals surface area contributed by atoms with E-state index in [1.807, 2.05) is 6.07 Å². The Morgan fingerprint density at radius 3 is 2.80 bits per heavy atom. The predicted molar refractivity (Wildman–Crippen MR) is 65.6 cm³/mol. The number of anilines is 1. The molecule has 78 valence electrons. The Morgan fingerprint density at radius 1 is 1.27 bits per heavy atom. The van der Waals surface area contributed by atoms with Crippen molar-refractivity contribution in [3.63, 3.8) is 0 Å². The summed E-state index contributed by atoms with van der Waals surface area (Å²) in [6, 6.07) is 10.4. The lowest BCUT2D eigenvalue weighted by Crippen LogP contribution is -2.02. The van der Waals surface area contributed by atoms with Crippen molar-refractivity contribution in [1.82, 2.24) is 0 Å². The summed E-state index contributed by atoms with van der Waals surface area (Å²) in [5.74, 6) is 1.66. The van der Waals surface area contributed by atoms with Gasteiger partial charge in [-0.2, -0.15) is 0 Å². The average molecular weight is 199 g/mol. The summed E-state index contributed by atoms with van der Waals surface area (Å²) < 4.78 is 0. The lowest BCUT2D eigenvalue weighted by molar-refractivity contribution is 0.898. The van der Waals surface area contributed by atoms with Crippen LogP contribution in [0.3, 0.4) is 0 Å². The highest BCUT2D eigenvalue weighted by atomic mass is 14.9. The lowest BCUT2D eigenvalue weighted by Gasteiger charge is -2.12. The molecule has 0 aromatic heterocycles. The van der Waals surface area contributed by atoms with Crippen molar-refractivity contribution in [1.29, 1.82) is 0 Å². The van der Waals surface area contributed by atoms with Gasteiger partial charge in [-0.1, -0.05) is 29.8 Å². The zero-order valence-electron chi connectivity index (χ0n) is 8.90. The summed E-state index contributed by atoms with van der Waals surface area (Å²) in [6.07, 6.45) is 5.99. The van der Waals surface area contributed by atoms with E-state index in [2.05, 4.69) is 48.7 Å². The molecule has 1 aromatic rings. The van der Waals surface area contributed by atoms with Crippen molar-refractivity contribution >= 4 is 5.69 Å². The fraction of sp³-hybridized carbons (Fsp3) is 0.286. The van der Waals surface area contributed by atoms with Crippen LogP contribution in [0.4, 0.5) is 5.69 Å². The van der Waals surface area contributed by atoms with Crippen LogP contribution in [0, 0.1) is 11.8 Å². The molecule has 1 saturated carbocycles. The monoisotopic (exact) mass is 199 g/mol. The lowest BCUT2D eigenvalue weighted by atomic mass is 10.0. The third kappa shape index (κ3) is 1.70. The number of hydrogen-bond donors (Lipinski definition) is 1. The van der Waals surface area contributed by atoms with Gasteiger partial charge in [-0.25, -0.2) is 0 Å². The highest BCUT2D eigenvalue weighted by Gasteiger charge is 2.38. The molecule has 0 spiro atoms. The van der Waals surface area contributed by atoms with E-state index < -0.39 is 0 Å². The number of hydrogen-bond acceptors (Lipinski definition) is 1. The highest BCUT2D eigenvalue weighted by molar-refractivity contribution is 5.53. The smallest absolute Gasteiger partial charge is 0.0384 e. The molecule has 1 aromatic carbocycles. The SMILES string of the molecule is CC1=CC(Nc2ccccc2)=CC2CC12.[HH]. The van der Waals surface area contributed by atoms with Crippen LogP contribution < -0.4 is 5.32 Å². The quantitative estimate of drug-likeness (QED) is 0.763. The van der Waals surface area contributed by atoms with E-state index in [1.54, 1.807) is 0 Å². The Balaban J connectivity index is 0.000000963. The summed E-state index contributed by atoms with van der Waals surface area (Å²) in [7, 11) is 0. The molecular weight excluding hydrogens is 182 g/mol. The van der Waals surface area contributed by atoms with Crippen molar-refractivity contribution in [3.05, 3.63) is 53.8 Å². The Kier molecular flexibility index (Phi) is 1.91. The van der Waals surface area contributed by atoms with Crippen LogP contribution in [0.15, 0.2) is 53.8 Å². The number of rotatable bonds is 2. The molecule has 2 aliphatic carbocycles. The van der Waals surface area contributed by atoms with Crippen LogP contribution >= 0.6 is 0 Å². The van der Waals surface area contributed by atoms with Gasteiger partial charge in [0.2, 0.25) is 0 Å². The second-order valence-corrected chi connectivity index (χ2v) is 4.51. The summed E-state index contributed by atoms with van der Waals surface area (Å²) in [5, 5.41) is 3.45. The molecule has 3 rings (SSSR count). The summed E-state index contributed by atoms with van der Waals surface area (Å²) >= 11 is 0. The van der Waals surface area contributed by atoms with Gasteiger partial charge in [0.05, 0.1) is 0 Å². The minimum Gasteiger partial charge on any atom is -0.356 e. The Hall–Kier alpha value is -1.50. The third-order valence-corrected chi connectivity index (χ3v) is 3.26. The van der Waals surface area contributed by atoms with E-state index >= 15 is 0 Å². The van der Waals surface area contributed by atoms with Gasteiger partial charge in [-0.05, 0) is 43.4 Å². The van der Waals surface area contributed by atoms with E-state index in [1.165, 1.54) is 23.4 Å². The molecule has 0 saturated heterocycles. The van der Waals surface area contributed by atoms with Gasteiger partial charge in [0, 0.05) is 12.8 Å². The van der Waals surface area contributed by atoms with Crippen molar-refractivity contribution < 1.29 is 1.43 Å². The van der Waals surface area contributed by atoms with Crippen LogP contribution in [0.2, 0.25) is 0 Å². The Morgan fingerprint density at radius 2 is 2.07 bits per heavy atom. The molecule has 2 aliphatic rings. The maximum Gasteiger partial charge on any atom is 0.0384 e. The molecule has 1 heteroatoms. The van der Waals surface area contributed by atoms with Gasteiger partial charge < -0.3 is 5.32 Å². The van der Waals surface area contributed by atoms with Crippen molar-refractivity contribution in [2.24, 2.45) is 11.8 Å². The summed E-state index contributed by atoms with van der Waals surface area (Å²) in [5.41, 5.74) is 3.96. The normalized spacial score (nSPS) is 27.5. The minimum absolute atomic E-state index is 0. The van der Waals surface area contributed by atoms with Crippen molar-refractivity contribution in [2.45, 2.75) is 13.3 Å². The van der Waals surface area contributed by atoms with E-state index in [-0.39, 0.29) is 1.43 Å². The van der Waals surface area contributed by atoms with Crippen LogP contribution in [0.1, 0.15) is 14.8 Å². The number of fused-ring (bicyclic) bond motifs is 1. The fourth-order valence-electron chi connectivity index (χ4n) is 2.32. The maximum absolute atomic E-state index is 3.45. The van der Waals surface area contributed by atoms with Gasteiger partial charge in [-0.15, -0.1) is 0 Å². The number of nitrogens with one attached hydrogen (secondary N) is 1. The highest BCUT2D eigenvalue weighted by Crippen LogP contribution is 2.48. The van der Waals surface area contributed by atoms with Crippen LogP contribution in [0.25, 0.3) is 0 Å². The van der Waals surface area contributed by atoms with Crippen molar-refractivity contribution in [3.8, 4) is 0 Å². The first-order valence-electron chi connectivity index (χ1n) is 5.55. The summed E-state index contributed by atoms with van der Waals surface area (Å²) in [6.45, 7) is 2.24. The van der Waals surface area contributed by atoms with Crippen molar-refractivity contribution in [2.75, 3.05) is 5.32 Å². The summed E-state index contributed by atoms with van der Waals surface area (Å²) in [4.78, 5) is 0. The van der Waals surface area contributed by atoms with E-state index in [0.29, 0.717) is 0 Å². The van der Waals surface area contributed by atoms with Crippen LogP contribution in [0.5, 0.6) is 0 Å². The van der Waals surface area contributed by atoms with Crippen LogP contribution in [-0.2, 0) is 0 Å². The van der Waals surface area contributed by atoms with E-state index in [9.17, 15) is 0 Å². The van der Waals surface area contributed by atoms with Gasteiger partial charge in [0.15, 0.2) is 0 Å². The zero-order chi connectivity index (χ0) is 10.3. The Labute approximate surface area is 92.0 Å². The number of benzene rings is 1. The molecule has 0 radical (unpaired) electrons. The largest absolute Gasteiger partial charge is 0.356 e. The first-order valence-corrected chi connectivity index (χ1v) is 5.55. The first kappa shape index (κ1) is 8.78. The molecule has 0 aliphatic heterocycles. The minimum atomic E-state index is 0. The predicted octanol–water partition coefficient (Wildman–Crippen LogP) is 3.82. The van der Waals surface area contributed by atoms with Gasteiger partial charge >= 0.3 is 0 Å². The first-order chi connectivity index (χ1) is 7.33. The molecule has 2 unspecified atom stereocenters. The molecule has 2 atom stereocenters. The molecular formula is C14H17N. The molecule has 0 bridgehead atoms. The second kappa shape index (κ2) is 3.27. The average Bonchev–Trinajstić information content (AvgIpc) is 2.99. The molecule has 1 N–H and O–H groups in total. The molecule has 1 nitrogen and oxygen atoms in total. The van der Waals surface area contributed by atoms with E-state index in [0.717, 1.165) is 11.8 Å². The Bertz CT molecular complexity index is 433. The molecule has 1 fully saturated rings. The number of para-hydroxylation sites is 1. The van der Waals surface area contributed by atoms with Crippen LogP contribution in [-0.4, -0.2) is 0 Å². The molecule has 0 heterocycles.